The molecule has 1 aliphatic rings. The Kier molecular flexibility index (Phi) is 9.62. The maximum Gasteiger partial charge on any atom is 0.169 e. The predicted octanol–water partition coefficient (Wildman–Crippen LogP) is 5.37. The molecule has 0 aliphatic heterocycles. The summed E-state index contributed by atoms with van der Waals surface area (Å²) in [6.07, 6.45) is 9.09. The predicted molar refractivity (Wildman–Crippen MR) is 138 cm³/mol. The molecule has 0 aromatic carbocycles. The maximum atomic E-state index is 12.2. The quantitative estimate of drug-likeness (QED) is 0.308. The van der Waals surface area contributed by atoms with Gasteiger partial charge in [0.25, 0.3) is 0 Å². The van der Waals surface area contributed by atoms with E-state index in [9.17, 15) is 9.59 Å². The van der Waals surface area contributed by atoms with Crippen molar-refractivity contribution in [3.63, 3.8) is 0 Å². The number of aryl methyl sites for hydroxylation is 1. The van der Waals surface area contributed by atoms with Gasteiger partial charge in [-0.25, -0.2) is 0 Å². The van der Waals surface area contributed by atoms with E-state index in [1.165, 1.54) is 12.2 Å². The SMILES string of the molecule is CCC(C)(C)CCOC(C)(C)CCn1cc(CC(C)(C)OCCC(C)C2(C)C(=O)C=CC2=O)nn1. The molecular weight excluding hydrogens is 442 g/mol. The minimum atomic E-state index is -0.958. The van der Waals surface area contributed by atoms with Crippen LogP contribution in [-0.2, 0) is 32.0 Å². The molecule has 1 atom stereocenters. The number of hydrogen-bond acceptors (Lipinski definition) is 6. The summed E-state index contributed by atoms with van der Waals surface area (Å²) < 4.78 is 14.2. The van der Waals surface area contributed by atoms with E-state index < -0.39 is 11.0 Å². The van der Waals surface area contributed by atoms with Crippen LogP contribution in [0, 0.1) is 16.7 Å². The Morgan fingerprint density at radius 2 is 1.57 bits per heavy atom. The van der Waals surface area contributed by atoms with Gasteiger partial charge in [-0.15, -0.1) is 5.10 Å². The van der Waals surface area contributed by atoms with Crippen LogP contribution in [0.15, 0.2) is 18.3 Å². The first-order valence-corrected chi connectivity index (χ1v) is 13.0. The van der Waals surface area contributed by atoms with Crippen LogP contribution in [0.25, 0.3) is 0 Å². The van der Waals surface area contributed by atoms with Gasteiger partial charge in [-0.05, 0) is 77.4 Å². The van der Waals surface area contributed by atoms with E-state index >= 15 is 0 Å². The van der Waals surface area contributed by atoms with Gasteiger partial charge in [-0.2, -0.15) is 0 Å². The summed E-state index contributed by atoms with van der Waals surface area (Å²) >= 11 is 0. The standard InChI is InChI=1S/C28H47N3O4/c1-10-25(3,4)15-18-35-26(5,6)14-16-31-20-22(29-30-31)19-27(7,8)34-17-13-21(2)28(9)23(32)11-12-24(28)33/h11-12,20-21H,10,13-19H2,1-9H3. The average Bonchev–Trinajstić information content (AvgIpc) is 3.31. The second kappa shape index (κ2) is 11.5. The van der Waals surface area contributed by atoms with Crippen LogP contribution in [0.5, 0.6) is 0 Å². The number of allylic oxidation sites excluding steroid dienone is 2. The van der Waals surface area contributed by atoms with Crippen molar-refractivity contribution in [1.29, 1.82) is 0 Å². The van der Waals surface area contributed by atoms with E-state index in [2.05, 4.69) is 44.9 Å². The molecule has 0 fully saturated rings. The summed E-state index contributed by atoms with van der Waals surface area (Å²) in [6.45, 7) is 20.8. The topological polar surface area (TPSA) is 83.3 Å². The molecule has 1 aliphatic carbocycles. The fourth-order valence-corrected chi connectivity index (χ4v) is 4.16. The summed E-state index contributed by atoms with van der Waals surface area (Å²) in [5, 5.41) is 8.64. The van der Waals surface area contributed by atoms with Gasteiger partial charge in [0, 0.05) is 32.4 Å². The number of aromatic nitrogens is 3. The number of carbonyl (C=O) groups is 2. The van der Waals surface area contributed by atoms with Crippen LogP contribution in [0.3, 0.4) is 0 Å². The van der Waals surface area contributed by atoms with Crippen LogP contribution in [-0.4, -0.2) is 51.0 Å². The van der Waals surface area contributed by atoms with Gasteiger partial charge in [-0.3, -0.25) is 14.3 Å². The van der Waals surface area contributed by atoms with Gasteiger partial charge in [-0.1, -0.05) is 39.3 Å². The average molecular weight is 490 g/mol. The van der Waals surface area contributed by atoms with E-state index in [-0.39, 0.29) is 23.1 Å². The van der Waals surface area contributed by atoms with Crippen molar-refractivity contribution in [2.45, 2.75) is 112 Å². The molecule has 198 valence electrons. The molecule has 0 radical (unpaired) electrons. The molecule has 0 amide bonds. The van der Waals surface area contributed by atoms with Crippen LogP contribution < -0.4 is 0 Å². The van der Waals surface area contributed by atoms with Crippen LogP contribution >= 0.6 is 0 Å². The summed E-state index contributed by atoms with van der Waals surface area (Å²) in [5.41, 5.74) is -0.422. The number of ketones is 2. The van der Waals surface area contributed by atoms with Gasteiger partial charge in [0.2, 0.25) is 0 Å². The molecule has 35 heavy (non-hydrogen) atoms. The van der Waals surface area contributed by atoms with E-state index in [1.807, 2.05) is 31.6 Å². The molecule has 1 aromatic rings. The summed E-state index contributed by atoms with van der Waals surface area (Å²) in [7, 11) is 0. The lowest BCUT2D eigenvalue weighted by Crippen LogP contribution is -2.38. The fourth-order valence-electron chi connectivity index (χ4n) is 4.16. The lowest BCUT2D eigenvalue weighted by atomic mass is 9.73. The third-order valence-electron chi connectivity index (χ3n) is 7.80. The van der Waals surface area contributed by atoms with E-state index in [0.717, 1.165) is 38.1 Å². The maximum absolute atomic E-state index is 12.2. The molecule has 0 bridgehead atoms. The zero-order valence-electron chi connectivity index (χ0n) is 23.4. The normalized spacial score (nSPS) is 17.4. The highest BCUT2D eigenvalue weighted by atomic mass is 16.5. The first-order chi connectivity index (χ1) is 16.1. The molecular formula is C28H47N3O4. The summed E-state index contributed by atoms with van der Waals surface area (Å²) in [5.74, 6) is -0.304. The second-order valence-electron chi connectivity index (χ2n) is 12.3. The van der Waals surface area contributed by atoms with Crippen molar-refractivity contribution in [2.24, 2.45) is 16.7 Å². The number of carbonyl (C=O) groups excluding carboxylic acids is 2. The molecule has 0 N–H and O–H groups in total. The molecule has 7 nitrogen and oxygen atoms in total. The van der Waals surface area contributed by atoms with E-state index in [4.69, 9.17) is 9.47 Å². The second-order valence-corrected chi connectivity index (χ2v) is 12.3. The van der Waals surface area contributed by atoms with Crippen molar-refractivity contribution >= 4 is 11.6 Å². The van der Waals surface area contributed by atoms with Crippen molar-refractivity contribution < 1.29 is 19.1 Å². The van der Waals surface area contributed by atoms with E-state index in [0.29, 0.717) is 24.9 Å². The monoisotopic (exact) mass is 489 g/mol. The number of nitrogens with zero attached hydrogens (tertiary/aromatic N) is 3. The Morgan fingerprint density at radius 3 is 2.17 bits per heavy atom. The van der Waals surface area contributed by atoms with Gasteiger partial charge < -0.3 is 9.47 Å². The van der Waals surface area contributed by atoms with Crippen LogP contribution in [0.4, 0.5) is 0 Å². The van der Waals surface area contributed by atoms with Crippen LogP contribution in [0.2, 0.25) is 0 Å². The Bertz CT molecular complexity index is 880. The Labute approximate surface area is 212 Å². The lowest BCUT2D eigenvalue weighted by Gasteiger charge is -2.30. The third kappa shape index (κ3) is 8.35. The number of ether oxygens (including phenoxy) is 2. The van der Waals surface area contributed by atoms with Crippen molar-refractivity contribution in [1.82, 2.24) is 15.0 Å². The molecule has 0 saturated heterocycles. The largest absolute Gasteiger partial charge is 0.375 e. The van der Waals surface area contributed by atoms with Gasteiger partial charge in [0.15, 0.2) is 11.6 Å². The van der Waals surface area contributed by atoms with Crippen molar-refractivity contribution in [2.75, 3.05) is 13.2 Å². The molecule has 1 heterocycles. The molecule has 2 rings (SSSR count). The van der Waals surface area contributed by atoms with Gasteiger partial charge in [0.1, 0.15) is 0 Å². The summed E-state index contributed by atoms with van der Waals surface area (Å²) in [4.78, 5) is 24.4. The van der Waals surface area contributed by atoms with Gasteiger partial charge in [0.05, 0.1) is 22.3 Å². The van der Waals surface area contributed by atoms with Crippen molar-refractivity contribution in [3.8, 4) is 0 Å². The smallest absolute Gasteiger partial charge is 0.169 e. The molecule has 1 unspecified atom stereocenters. The highest BCUT2D eigenvalue weighted by Crippen LogP contribution is 2.36. The lowest BCUT2D eigenvalue weighted by molar-refractivity contribution is -0.136. The first kappa shape index (κ1) is 29.4. The highest BCUT2D eigenvalue weighted by molar-refractivity contribution is 6.22. The zero-order chi connectivity index (χ0) is 26.5. The fraction of sp³-hybridized carbons (Fsp3) is 0.786. The third-order valence-corrected chi connectivity index (χ3v) is 7.80. The summed E-state index contributed by atoms with van der Waals surface area (Å²) in [6, 6.07) is 0. The number of rotatable bonds is 15. The minimum Gasteiger partial charge on any atom is -0.375 e. The highest BCUT2D eigenvalue weighted by Gasteiger charge is 2.46. The molecule has 7 heteroatoms. The van der Waals surface area contributed by atoms with E-state index in [1.54, 1.807) is 6.92 Å². The zero-order valence-corrected chi connectivity index (χ0v) is 23.4. The Morgan fingerprint density at radius 1 is 0.971 bits per heavy atom. The number of hydrogen-bond donors (Lipinski definition) is 0. The van der Waals surface area contributed by atoms with Gasteiger partial charge >= 0.3 is 0 Å². The molecule has 0 spiro atoms. The first-order valence-electron chi connectivity index (χ1n) is 13.0. The molecule has 0 saturated carbocycles. The Hall–Kier alpha value is -1.86. The molecule has 1 aromatic heterocycles. The Balaban J connectivity index is 1.78. The van der Waals surface area contributed by atoms with Crippen LogP contribution in [0.1, 0.15) is 93.7 Å². The van der Waals surface area contributed by atoms with Crippen molar-refractivity contribution in [3.05, 3.63) is 24.0 Å². The minimum absolute atomic E-state index is 0.0900.